The SMILES string of the molecule is CC(C)(C)OC(=O)N1CCC(F)(CN2CCCc3cc(Cl)ccc32)CC1. The van der Waals surface area contributed by atoms with E-state index < -0.39 is 11.3 Å². The summed E-state index contributed by atoms with van der Waals surface area (Å²) in [6.45, 7) is 7.54. The minimum Gasteiger partial charge on any atom is -0.444 e. The first kappa shape index (κ1) is 19.3. The minimum absolute atomic E-state index is 0.339. The van der Waals surface area contributed by atoms with Crippen molar-refractivity contribution in [3.05, 3.63) is 28.8 Å². The predicted octanol–water partition coefficient (Wildman–Crippen LogP) is 4.83. The highest BCUT2D eigenvalue weighted by atomic mass is 35.5. The van der Waals surface area contributed by atoms with Gasteiger partial charge >= 0.3 is 6.09 Å². The average Bonchev–Trinajstić information content (AvgIpc) is 2.53. The second-order valence-electron chi connectivity index (χ2n) is 8.42. The number of ether oxygens (including phenoxy) is 1. The van der Waals surface area contributed by atoms with E-state index in [0.717, 1.165) is 30.1 Å². The Morgan fingerprint density at radius 2 is 1.96 bits per heavy atom. The lowest BCUT2D eigenvalue weighted by Crippen LogP contribution is -2.51. The maximum atomic E-state index is 15.5. The van der Waals surface area contributed by atoms with Crippen molar-refractivity contribution >= 4 is 23.4 Å². The fourth-order valence-corrected chi connectivity index (χ4v) is 3.92. The summed E-state index contributed by atoms with van der Waals surface area (Å²) in [5.41, 5.74) is 0.471. The van der Waals surface area contributed by atoms with E-state index in [2.05, 4.69) is 4.90 Å². The van der Waals surface area contributed by atoms with Gasteiger partial charge in [-0.15, -0.1) is 0 Å². The van der Waals surface area contributed by atoms with E-state index in [1.54, 1.807) is 4.90 Å². The van der Waals surface area contributed by atoms with Crippen LogP contribution in [-0.4, -0.2) is 48.4 Å². The zero-order valence-electron chi connectivity index (χ0n) is 15.9. The molecule has 0 aliphatic carbocycles. The van der Waals surface area contributed by atoms with E-state index in [4.69, 9.17) is 16.3 Å². The summed E-state index contributed by atoms with van der Waals surface area (Å²) in [7, 11) is 0. The number of alkyl halides is 1. The van der Waals surface area contributed by atoms with E-state index in [1.165, 1.54) is 5.56 Å². The lowest BCUT2D eigenvalue weighted by atomic mass is 9.91. The van der Waals surface area contributed by atoms with E-state index in [0.29, 0.717) is 32.5 Å². The summed E-state index contributed by atoms with van der Waals surface area (Å²) < 4.78 is 20.9. The number of hydrogen-bond donors (Lipinski definition) is 0. The molecule has 6 heteroatoms. The van der Waals surface area contributed by atoms with Gasteiger partial charge in [0.05, 0.1) is 6.54 Å². The number of carbonyl (C=O) groups excluding carboxylic acids is 1. The van der Waals surface area contributed by atoms with Gasteiger partial charge in [0.25, 0.3) is 0 Å². The molecular weight excluding hydrogens is 355 g/mol. The Morgan fingerprint density at radius 3 is 2.62 bits per heavy atom. The van der Waals surface area contributed by atoms with Gasteiger partial charge in [0, 0.05) is 43.2 Å². The van der Waals surface area contributed by atoms with Crippen LogP contribution in [0, 0.1) is 0 Å². The number of anilines is 1. The molecule has 1 aromatic carbocycles. The Balaban J connectivity index is 1.61. The number of hydrogen-bond acceptors (Lipinski definition) is 3. The monoisotopic (exact) mass is 382 g/mol. The van der Waals surface area contributed by atoms with Crippen molar-refractivity contribution in [1.29, 1.82) is 0 Å². The zero-order chi connectivity index (χ0) is 18.9. The molecule has 3 rings (SSSR count). The van der Waals surface area contributed by atoms with Crippen LogP contribution in [0.3, 0.4) is 0 Å². The van der Waals surface area contributed by atoms with E-state index in [-0.39, 0.29) is 6.09 Å². The van der Waals surface area contributed by atoms with Crippen LogP contribution in [0.5, 0.6) is 0 Å². The van der Waals surface area contributed by atoms with E-state index in [9.17, 15) is 4.79 Å². The van der Waals surface area contributed by atoms with Crippen LogP contribution in [0.2, 0.25) is 5.02 Å². The molecule has 0 spiro atoms. The van der Waals surface area contributed by atoms with Crippen molar-refractivity contribution in [1.82, 2.24) is 4.90 Å². The van der Waals surface area contributed by atoms with Crippen molar-refractivity contribution in [3.63, 3.8) is 0 Å². The molecule has 1 aromatic rings. The Kier molecular flexibility index (Phi) is 5.38. The number of carbonyl (C=O) groups is 1. The molecule has 0 N–H and O–H groups in total. The van der Waals surface area contributed by atoms with E-state index in [1.807, 2.05) is 39.0 Å². The number of rotatable bonds is 2. The molecule has 2 aliphatic rings. The van der Waals surface area contributed by atoms with Gasteiger partial charge in [-0.1, -0.05) is 11.6 Å². The lowest BCUT2D eigenvalue weighted by Gasteiger charge is -2.41. The molecule has 2 heterocycles. The third-order valence-electron chi connectivity index (χ3n) is 5.04. The van der Waals surface area contributed by atoms with Gasteiger partial charge in [0.2, 0.25) is 0 Å². The quantitative estimate of drug-likeness (QED) is 0.734. The number of halogens is 2. The third-order valence-corrected chi connectivity index (χ3v) is 5.28. The van der Waals surface area contributed by atoms with Crippen LogP contribution in [0.4, 0.5) is 14.9 Å². The molecule has 1 fully saturated rings. The topological polar surface area (TPSA) is 32.8 Å². The number of amides is 1. The van der Waals surface area contributed by atoms with Gasteiger partial charge in [0.1, 0.15) is 11.3 Å². The van der Waals surface area contributed by atoms with Crippen molar-refractivity contribution in [2.75, 3.05) is 31.1 Å². The highest BCUT2D eigenvalue weighted by Crippen LogP contribution is 2.34. The summed E-state index contributed by atoms with van der Waals surface area (Å²) in [4.78, 5) is 15.9. The molecule has 0 bridgehead atoms. The molecule has 2 aliphatic heterocycles. The highest BCUT2D eigenvalue weighted by Gasteiger charge is 2.39. The van der Waals surface area contributed by atoms with Crippen molar-refractivity contribution in [3.8, 4) is 0 Å². The van der Waals surface area contributed by atoms with Gasteiger partial charge in [0.15, 0.2) is 0 Å². The molecule has 1 saturated heterocycles. The maximum absolute atomic E-state index is 15.5. The van der Waals surface area contributed by atoms with Crippen LogP contribution < -0.4 is 4.90 Å². The smallest absolute Gasteiger partial charge is 0.410 e. The molecular formula is C20H28ClFN2O2. The normalized spacial score (nSPS) is 19.9. The summed E-state index contributed by atoms with van der Waals surface area (Å²) >= 11 is 6.09. The fraction of sp³-hybridized carbons (Fsp3) is 0.650. The van der Waals surface area contributed by atoms with Gasteiger partial charge in [-0.05, 0) is 57.4 Å². The van der Waals surface area contributed by atoms with E-state index >= 15 is 4.39 Å². The minimum atomic E-state index is -1.28. The fourth-order valence-electron chi connectivity index (χ4n) is 3.72. The second-order valence-corrected chi connectivity index (χ2v) is 8.85. The largest absolute Gasteiger partial charge is 0.444 e. The number of nitrogens with zero attached hydrogens (tertiary/aromatic N) is 2. The summed E-state index contributed by atoms with van der Waals surface area (Å²) in [5, 5.41) is 0.728. The average molecular weight is 383 g/mol. The molecule has 0 atom stereocenters. The standard InChI is InChI=1S/C20H28ClFN2O2/c1-19(2,3)26-18(25)23-11-8-20(22,9-12-23)14-24-10-4-5-15-13-16(21)6-7-17(15)24/h6-7,13H,4-5,8-12,14H2,1-3H3. The number of likely N-dealkylation sites (tertiary alicyclic amines) is 1. The third kappa shape index (κ3) is 4.61. The van der Waals surface area contributed by atoms with Crippen LogP contribution in [0.1, 0.15) is 45.6 Å². The Labute approximate surface area is 160 Å². The Hall–Kier alpha value is -1.49. The summed E-state index contributed by atoms with van der Waals surface area (Å²) in [6, 6.07) is 5.85. The van der Waals surface area contributed by atoms with Gasteiger partial charge in [-0.2, -0.15) is 0 Å². The molecule has 0 aromatic heterocycles. The van der Waals surface area contributed by atoms with Crippen LogP contribution in [-0.2, 0) is 11.2 Å². The van der Waals surface area contributed by atoms with Crippen molar-refractivity contribution < 1.29 is 13.9 Å². The highest BCUT2D eigenvalue weighted by molar-refractivity contribution is 6.30. The zero-order valence-corrected chi connectivity index (χ0v) is 16.6. The molecule has 26 heavy (non-hydrogen) atoms. The number of fused-ring (bicyclic) bond motifs is 1. The van der Waals surface area contributed by atoms with Gasteiger partial charge in [-0.25, -0.2) is 9.18 Å². The van der Waals surface area contributed by atoms with Crippen molar-refractivity contribution in [2.45, 2.75) is 57.7 Å². The summed E-state index contributed by atoms with van der Waals surface area (Å²) in [6.07, 6.45) is 2.32. The molecule has 0 radical (unpaired) electrons. The first-order chi connectivity index (χ1) is 12.2. The van der Waals surface area contributed by atoms with Gasteiger partial charge < -0.3 is 14.5 Å². The van der Waals surface area contributed by atoms with Crippen LogP contribution in [0.15, 0.2) is 18.2 Å². The maximum Gasteiger partial charge on any atom is 0.410 e. The molecule has 0 unspecified atom stereocenters. The second kappa shape index (κ2) is 7.26. The van der Waals surface area contributed by atoms with Crippen LogP contribution >= 0.6 is 11.6 Å². The lowest BCUT2D eigenvalue weighted by molar-refractivity contribution is 0.00467. The van der Waals surface area contributed by atoms with Crippen molar-refractivity contribution in [2.24, 2.45) is 0 Å². The first-order valence-electron chi connectivity index (χ1n) is 9.35. The predicted molar refractivity (Wildman–Crippen MR) is 103 cm³/mol. The molecule has 144 valence electrons. The first-order valence-corrected chi connectivity index (χ1v) is 9.73. The molecule has 1 amide bonds. The Bertz CT molecular complexity index is 666. The van der Waals surface area contributed by atoms with Crippen LogP contribution in [0.25, 0.3) is 0 Å². The number of piperidine rings is 1. The molecule has 0 saturated carbocycles. The summed E-state index contributed by atoms with van der Waals surface area (Å²) in [5.74, 6) is 0. The Morgan fingerprint density at radius 1 is 1.27 bits per heavy atom. The number of aryl methyl sites for hydroxylation is 1. The molecule has 4 nitrogen and oxygen atoms in total. The van der Waals surface area contributed by atoms with Gasteiger partial charge in [-0.3, -0.25) is 0 Å². The number of benzene rings is 1.